The van der Waals surface area contributed by atoms with Crippen molar-refractivity contribution in [3.63, 3.8) is 0 Å². The van der Waals surface area contributed by atoms with Gasteiger partial charge in [-0.05, 0) is 84.0 Å². The van der Waals surface area contributed by atoms with Gasteiger partial charge < -0.3 is 29.4 Å². The van der Waals surface area contributed by atoms with Crippen molar-refractivity contribution in [3.05, 3.63) is 169 Å². The molecule has 2 aliphatic rings. The quantitative estimate of drug-likeness (QED) is 0.0555. The number of imidazole rings is 2. The Morgan fingerprint density at radius 2 is 1.00 bits per heavy atom. The average Bonchev–Trinajstić information content (AvgIpc) is 4.47. The molecule has 8 aromatic rings. The maximum atomic E-state index is 12.9. The van der Waals surface area contributed by atoms with Crippen molar-refractivity contribution in [2.45, 2.75) is 153 Å². The van der Waals surface area contributed by atoms with Crippen molar-refractivity contribution in [1.29, 1.82) is 0 Å². The van der Waals surface area contributed by atoms with Crippen LogP contribution in [0.15, 0.2) is 157 Å². The predicted molar refractivity (Wildman–Crippen MR) is 334 cm³/mol. The smallest absolute Gasteiger partial charge is 0.256 e. The van der Waals surface area contributed by atoms with Crippen molar-refractivity contribution < 1.29 is 27.9 Å². The molecule has 21 heteroatoms. The van der Waals surface area contributed by atoms with Gasteiger partial charge in [0.05, 0.1) is 24.9 Å². The van der Waals surface area contributed by atoms with Gasteiger partial charge in [-0.2, -0.15) is 0 Å². The van der Waals surface area contributed by atoms with Crippen LogP contribution >= 0.6 is 11.6 Å². The number of hydrogen-bond acceptors (Lipinski definition) is 15. The molecule has 83 heavy (non-hydrogen) atoms. The lowest BCUT2D eigenvalue weighted by Crippen LogP contribution is -2.48. The lowest BCUT2D eigenvalue weighted by molar-refractivity contribution is -0.0321. The van der Waals surface area contributed by atoms with Crippen molar-refractivity contribution in [3.8, 4) is 0 Å². The first-order valence-corrected chi connectivity index (χ1v) is 34.3. The van der Waals surface area contributed by atoms with Crippen molar-refractivity contribution in [2.24, 2.45) is 9.98 Å². The Balaban J connectivity index is 0.000000191. The molecule has 0 saturated carbocycles. The van der Waals surface area contributed by atoms with Gasteiger partial charge in [0.25, 0.3) is 11.1 Å². The SMILES string of the molecule is CC[C@H]1O[C@@H](n2cnc3c(N)ncnc32)C(O[Si](C)(C)C(C)(C)C)[C@@H]1N=Cc1ccccc1.CC[C@H]1O[C@@H](n2cnc3c(NC(=O)c4ccccc4)ncnc32)C(O[Si](C)(C)C(C)(C)C)[C@@H]1N=Cc1ccccc1.O=C(Cl)c1ccccc1. The van der Waals surface area contributed by atoms with E-state index in [2.05, 4.69) is 117 Å². The molecular formula is C62H77ClN12O6Si2. The van der Waals surface area contributed by atoms with Crippen LogP contribution < -0.4 is 11.1 Å². The van der Waals surface area contributed by atoms with Gasteiger partial charge >= 0.3 is 0 Å². The highest BCUT2D eigenvalue weighted by Gasteiger charge is 2.52. The van der Waals surface area contributed by atoms with Crippen LogP contribution in [0.1, 0.15) is 113 Å². The summed E-state index contributed by atoms with van der Waals surface area (Å²) in [4.78, 5) is 59.8. The zero-order valence-corrected chi connectivity index (χ0v) is 52.2. The number of halogens is 1. The molecule has 2 aliphatic heterocycles. The summed E-state index contributed by atoms with van der Waals surface area (Å²) >= 11 is 5.16. The zero-order valence-electron chi connectivity index (χ0n) is 49.4. The second-order valence-electron chi connectivity index (χ2n) is 23.6. The molecule has 4 aromatic carbocycles. The maximum absolute atomic E-state index is 12.9. The summed E-state index contributed by atoms with van der Waals surface area (Å²) in [5.41, 5.74) is 11.4. The standard InChI is InChI=1S/C31H38N6O3Si.C24H34N6O2Si.C7H5ClO/c1-7-23-24(32-18-21-14-10-8-11-15-21)26(40-41(5,6)31(2,3)4)30(39-23)37-20-35-25-27(33-19-34-28(25)37)36-29(38)22-16-12-9-13-17-22;1-7-17-18(26-13-16-11-9-8-10-12-16)20(32-33(5,6)24(2,3)4)23(31-17)30-15-29-19-21(25)27-14-28-22(19)30;8-7(9)6-4-2-1-3-5-6/h8-20,23-24,26,30H,7H2,1-6H3,(H,33,34,36,38);8-15,17-18,20,23H,7H2,1-6H3,(H2,25,27,28);1-5H/t23-,24-,26?,30-;17-,18-,20?,23-;/m11./s1. The number of nitrogens with zero attached hydrogens (tertiary/aromatic N) is 10. The number of aromatic nitrogens is 8. The van der Waals surface area contributed by atoms with Gasteiger partial charge in [-0.3, -0.25) is 28.7 Å². The molecule has 10 rings (SSSR count). The van der Waals surface area contributed by atoms with Gasteiger partial charge in [-0.25, -0.2) is 29.9 Å². The summed E-state index contributed by atoms with van der Waals surface area (Å²) in [6.45, 7) is 26.6. The third-order valence-electron chi connectivity index (χ3n) is 15.9. The van der Waals surface area contributed by atoms with E-state index in [4.69, 9.17) is 45.6 Å². The Bertz CT molecular complexity index is 3490. The third-order valence-corrected chi connectivity index (χ3v) is 25.0. The Kier molecular flexibility index (Phi) is 19.8. The number of nitrogen functional groups attached to an aromatic ring is 1. The zero-order chi connectivity index (χ0) is 59.7. The normalized spacial score (nSPS) is 21.2. The number of carbonyl (C=O) groups excluding carboxylic acids is 2. The number of carbonyl (C=O) groups is 2. The van der Waals surface area contributed by atoms with E-state index in [9.17, 15) is 9.59 Å². The lowest BCUT2D eigenvalue weighted by Gasteiger charge is -2.40. The molecule has 3 N–H and O–H groups in total. The summed E-state index contributed by atoms with van der Waals surface area (Å²) in [5, 5.41) is 2.51. The molecule has 8 atom stereocenters. The maximum Gasteiger partial charge on any atom is 0.256 e. The lowest BCUT2D eigenvalue weighted by atomic mass is 10.1. The van der Waals surface area contributed by atoms with Crippen LogP contribution in [0.5, 0.6) is 0 Å². The van der Waals surface area contributed by atoms with Crippen LogP contribution in [0.25, 0.3) is 22.3 Å². The Labute approximate surface area is 493 Å². The average molecular weight is 1180 g/mol. The Morgan fingerprint density at radius 3 is 1.41 bits per heavy atom. The fourth-order valence-corrected chi connectivity index (χ4v) is 11.9. The van der Waals surface area contributed by atoms with Crippen LogP contribution in [0.2, 0.25) is 36.3 Å². The van der Waals surface area contributed by atoms with E-state index in [0.29, 0.717) is 45.1 Å². The van der Waals surface area contributed by atoms with E-state index in [1.165, 1.54) is 12.7 Å². The summed E-state index contributed by atoms with van der Waals surface area (Å²) in [5.74, 6) is 0.426. The van der Waals surface area contributed by atoms with Crippen molar-refractivity contribution >= 4 is 85.8 Å². The van der Waals surface area contributed by atoms with Crippen LogP contribution in [0.3, 0.4) is 0 Å². The summed E-state index contributed by atoms with van der Waals surface area (Å²) in [6, 6.07) is 37.5. The number of amides is 1. The number of aliphatic imine (C=N–C) groups is 2. The first kappa shape index (κ1) is 61.9. The van der Waals surface area contributed by atoms with Gasteiger partial charge in [0.2, 0.25) is 0 Å². The van der Waals surface area contributed by atoms with Crippen molar-refractivity contribution in [1.82, 2.24) is 39.0 Å². The number of nitrogens with one attached hydrogen (secondary N) is 1. The molecule has 1 amide bonds. The third kappa shape index (κ3) is 14.6. The monoisotopic (exact) mass is 1180 g/mol. The number of rotatable bonds is 15. The molecule has 0 bridgehead atoms. The van der Waals surface area contributed by atoms with Gasteiger partial charge in [0.1, 0.15) is 42.5 Å². The highest BCUT2D eigenvalue weighted by molar-refractivity contribution is 6.74. The van der Waals surface area contributed by atoms with Gasteiger partial charge in [0, 0.05) is 23.6 Å². The van der Waals surface area contributed by atoms with Gasteiger partial charge in [-0.15, -0.1) is 0 Å². The molecule has 436 valence electrons. The minimum atomic E-state index is -2.23. The van der Waals surface area contributed by atoms with E-state index >= 15 is 0 Å². The topological polar surface area (TPSA) is 221 Å². The minimum Gasteiger partial charge on any atom is -0.407 e. The van der Waals surface area contributed by atoms with Crippen LogP contribution in [-0.4, -0.2) is 116 Å². The van der Waals surface area contributed by atoms with Crippen LogP contribution in [-0.2, 0) is 18.3 Å². The molecule has 2 unspecified atom stereocenters. The Morgan fingerprint density at radius 1 is 0.602 bits per heavy atom. The molecule has 0 radical (unpaired) electrons. The predicted octanol–water partition coefficient (Wildman–Crippen LogP) is 12.9. The first-order valence-electron chi connectivity index (χ1n) is 28.1. The molecule has 6 heterocycles. The highest BCUT2D eigenvalue weighted by Crippen LogP contribution is 2.46. The first-order chi connectivity index (χ1) is 39.5. The number of hydrogen-bond donors (Lipinski definition) is 2. The molecular weight excluding hydrogens is 1100 g/mol. The highest BCUT2D eigenvalue weighted by atomic mass is 35.5. The molecule has 0 spiro atoms. The Hall–Kier alpha value is -7.18. The minimum absolute atomic E-state index is 0.0103. The number of anilines is 2. The van der Waals surface area contributed by atoms with Crippen LogP contribution in [0, 0.1) is 0 Å². The van der Waals surface area contributed by atoms with Gasteiger partial charge in [0.15, 0.2) is 57.5 Å². The number of nitrogens with two attached hydrogens (primary N) is 1. The fraction of sp³-hybridized carbons (Fsp3) is 0.387. The van der Waals surface area contributed by atoms with E-state index in [-0.39, 0.29) is 52.5 Å². The summed E-state index contributed by atoms with van der Waals surface area (Å²) in [7, 11) is -4.37. The molecule has 4 aromatic heterocycles. The number of benzene rings is 4. The van der Waals surface area contributed by atoms with Gasteiger partial charge in [-0.1, -0.05) is 165 Å². The number of ether oxygens (including phenoxy) is 2. The summed E-state index contributed by atoms with van der Waals surface area (Å²) < 4.78 is 31.1. The van der Waals surface area contributed by atoms with Crippen molar-refractivity contribution in [2.75, 3.05) is 11.1 Å². The molecule has 2 fully saturated rings. The van der Waals surface area contributed by atoms with E-state index < -0.39 is 34.3 Å². The van der Waals surface area contributed by atoms with E-state index in [0.717, 1.165) is 24.0 Å². The van der Waals surface area contributed by atoms with E-state index in [1.807, 2.05) is 106 Å². The molecule has 2 saturated heterocycles. The number of fused-ring (bicyclic) bond motifs is 2. The second kappa shape index (κ2) is 26.6. The molecule has 0 aliphatic carbocycles. The van der Waals surface area contributed by atoms with Crippen LogP contribution in [0.4, 0.5) is 11.6 Å². The van der Waals surface area contributed by atoms with E-state index in [1.54, 1.807) is 49.1 Å². The second-order valence-corrected chi connectivity index (χ2v) is 33.4. The largest absolute Gasteiger partial charge is 0.407 e. The fourth-order valence-electron chi connectivity index (χ4n) is 9.16. The molecule has 18 nitrogen and oxygen atoms in total. The summed E-state index contributed by atoms with van der Waals surface area (Å²) in [6.07, 6.45) is 9.88.